The Hall–Kier alpha value is -2.56. The average Bonchev–Trinajstić information content (AvgIpc) is 2.61. The summed E-state index contributed by atoms with van der Waals surface area (Å²) < 4.78 is 54.7. The number of rotatable bonds is 5. The lowest BCUT2D eigenvalue weighted by Gasteiger charge is -2.35. The zero-order valence-electron chi connectivity index (χ0n) is 15.8. The third kappa shape index (κ3) is 4.83. The van der Waals surface area contributed by atoms with Crippen LogP contribution in [-0.2, 0) is 5.41 Å². The predicted molar refractivity (Wildman–Crippen MR) is 102 cm³/mol. The molecule has 0 aliphatic heterocycles. The Kier molecular flexibility index (Phi) is 5.64. The van der Waals surface area contributed by atoms with E-state index in [0.29, 0.717) is 12.3 Å². The van der Waals surface area contributed by atoms with Crippen LogP contribution in [0, 0.1) is 11.7 Å². The molecule has 1 unspecified atom stereocenters. The lowest BCUT2D eigenvalue weighted by Crippen LogP contribution is -2.27. The average molecular weight is 390 g/mol. The quantitative estimate of drug-likeness (QED) is 0.497. The minimum atomic E-state index is -4.70. The van der Waals surface area contributed by atoms with Crippen molar-refractivity contribution in [3.63, 3.8) is 0 Å². The highest BCUT2D eigenvalue weighted by atomic mass is 19.4. The van der Waals surface area contributed by atoms with Gasteiger partial charge < -0.3 is 4.74 Å². The van der Waals surface area contributed by atoms with Gasteiger partial charge in [-0.05, 0) is 59.7 Å². The first-order valence-corrected chi connectivity index (χ1v) is 9.18. The first kappa shape index (κ1) is 20.2. The van der Waals surface area contributed by atoms with E-state index in [2.05, 4.69) is 30.7 Å². The highest BCUT2D eigenvalue weighted by Gasteiger charge is 2.33. The molecule has 0 spiro atoms. The molecule has 1 aliphatic rings. The van der Waals surface area contributed by atoms with Crippen LogP contribution in [-0.4, -0.2) is 6.36 Å². The van der Waals surface area contributed by atoms with E-state index in [-0.39, 0.29) is 17.0 Å². The number of halogens is 4. The molecule has 0 amide bonds. The predicted octanol–water partition coefficient (Wildman–Crippen LogP) is 7.05. The van der Waals surface area contributed by atoms with E-state index in [9.17, 15) is 17.6 Å². The van der Waals surface area contributed by atoms with Gasteiger partial charge in [-0.25, -0.2) is 4.39 Å². The molecule has 0 bridgehead atoms. The van der Waals surface area contributed by atoms with Crippen molar-refractivity contribution in [2.75, 3.05) is 0 Å². The number of hydrogen-bond acceptors (Lipinski definition) is 1. The first-order chi connectivity index (χ1) is 13.2. The van der Waals surface area contributed by atoms with Crippen LogP contribution >= 0.6 is 0 Å². The maximum atomic E-state index is 13.5. The van der Waals surface area contributed by atoms with Gasteiger partial charge in [0.05, 0.1) is 0 Å². The molecule has 3 rings (SSSR count). The zero-order valence-corrected chi connectivity index (χ0v) is 15.8. The van der Waals surface area contributed by atoms with Crippen molar-refractivity contribution in [1.82, 2.24) is 0 Å². The second kappa shape index (κ2) is 7.82. The molecule has 0 fully saturated rings. The highest BCUT2D eigenvalue weighted by molar-refractivity contribution is 5.76. The minimum Gasteiger partial charge on any atom is -0.406 e. The molecule has 0 N–H and O–H groups in total. The Morgan fingerprint density at radius 2 is 1.79 bits per heavy atom. The highest BCUT2D eigenvalue weighted by Crippen LogP contribution is 2.42. The standard InChI is InChI=1S/C23H22F4O/c1-16(2)15-22(19-6-8-21(9-7-19)28-23(25,26)27)12-10-17(11-13-22)18-4-3-5-20(24)14-18/h3-12,14,16H,13,15H2,1-2H3. The lowest BCUT2D eigenvalue weighted by atomic mass is 9.69. The summed E-state index contributed by atoms with van der Waals surface area (Å²) in [4.78, 5) is 0. The Labute approximate surface area is 162 Å². The maximum absolute atomic E-state index is 13.5. The summed E-state index contributed by atoms with van der Waals surface area (Å²) >= 11 is 0. The molecule has 28 heavy (non-hydrogen) atoms. The van der Waals surface area contributed by atoms with Gasteiger partial charge in [-0.3, -0.25) is 0 Å². The van der Waals surface area contributed by atoms with Crippen LogP contribution in [0.5, 0.6) is 5.75 Å². The molecule has 1 aliphatic carbocycles. The van der Waals surface area contributed by atoms with Gasteiger partial charge in [-0.2, -0.15) is 0 Å². The molecule has 2 aromatic carbocycles. The van der Waals surface area contributed by atoms with Crippen LogP contribution in [0.2, 0.25) is 0 Å². The van der Waals surface area contributed by atoms with Gasteiger partial charge in [0, 0.05) is 5.41 Å². The summed E-state index contributed by atoms with van der Waals surface area (Å²) in [5.41, 5.74) is 2.36. The number of ether oxygens (including phenoxy) is 1. The second-order valence-electron chi connectivity index (χ2n) is 7.53. The smallest absolute Gasteiger partial charge is 0.406 e. The van der Waals surface area contributed by atoms with Gasteiger partial charge in [0.2, 0.25) is 0 Å². The molecule has 0 heterocycles. The van der Waals surface area contributed by atoms with Crippen molar-refractivity contribution in [2.24, 2.45) is 5.92 Å². The molecule has 5 heteroatoms. The van der Waals surface area contributed by atoms with E-state index in [4.69, 9.17) is 0 Å². The van der Waals surface area contributed by atoms with Gasteiger partial charge in [-0.1, -0.05) is 56.3 Å². The summed E-state index contributed by atoms with van der Waals surface area (Å²) in [6.07, 6.45) is 2.96. The van der Waals surface area contributed by atoms with Gasteiger partial charge in [0.25, 0.3) is 0 Å². The Morgan fingerprint density at radius 1 is 1.07 bits per heavy atom. The normalized spacial score (nSPS) is 19.6. The molecule has 148 valence electrons. The fourth-order valence-electron chi connectivity index (χ4n) is 3.76. The second-order valence-corrected chi connectivity index (χ2v) is 7.53. The summed E-state index contributed by atoms with van der Waals surface area (Å²) in [6, 6.07) is 12.5. The Morgan fingerprint density at radius 3 is 2.32 bits per heavy atom. The molecule has 0 aromatic heterocycles. The van der Waals surface area contributed by atoms with Gasteiger partial charge >= 0.3 is 6.36 Å². The van der Waals surface area contributed by atoms with Crippen LogP contribution in [0.15, 0.2) is 66.8 Å². The zero-order chi connectivity index (χ0) is 20.4. The van der Waals surface area contributed by atoms with Crippen molar-refractivity contribution in [2.45, 2.75) is 38.5 Å². The Balaban J connectivity index is 1.88. The van der Waals surface area contributed by atoms with Crippen LogP contribution in [0.3, 0.4) is 0 Å². The monoisotopic (exact) mass is 390 g/mol. The van der Waals surface area contributed by atoms with Gasteiger partial charge in [0.1, 0.15) is 11.6 Å². The minimum absolute atomic E-state index is 0.230. The van der Waals surface area contributed by atoms with E-state index < -0.39 is 6.36 Å². The summed E-state index contributed by atoms with van der Waals surface area (Å²) in [5, 5.41) is 0. The Bertz CT molecular complexity index is 878. The van der Waals surface area contributed by atoms with Crippen molar-refractivity contribution >= 4 is 5.57 Å². The van der Waals surface area contributed by atoms with Crippen LogP contribution in [0.1, 0.15) is 37.8 Å². The third-order valence-corrected chi connectivity index (χ3v) is 4.86. The van der Waals surface area contributed by atoms with E-state index in [0.717, 1.165) is 23.1 Å². The SMILES string of the molecule is CC(C)CC1(c2ccc(OC(F)(F)F)cc2)C=CC(c2cccc(F)c2)=CC1. The topological polar surface area (TPSA) is 9.23 Å². The van der Waals surface area contributed by atoms with Crippen LogP contribution in [0.25, 0.3) is 5.57 Å². The van der Waals surface area contributed by atoms with Crippen LogP contribution in [0.4, 0.5) is 17.6 Å². The number of alkyl halides is 3. The van der Waals surface area contributed by atoms with E-state index in [1.807, 2.05) is 12.1 Å². The lowest BCUT2D eigenvalue weighted by molar-refractivity contribution is -0.274. The fourth-order valence-corrected chi connectivity index (χ4v) is 3.76. The number of allylic oxidation sites excluding steroid dienone is 4. The largest absolute Gasteiger partial charge is 0.573 e. The van der Waals surface area contributed by atoms with Crippen molar-refractivity contribution in [3.8, 4) is 5.75 Å². The van der Waals surface area contributed by atoms with Crippen LogP contribution < -0.4 is 4.74 Å². The van der Waals surface area contributed by atoms with Crippen molar-refractivity contribution in [3.05, 3.63) is 83.7 Å². The van der Waals surface area contributed by atoms with E-state index >= 15 is 0 Å². The molecule has 0 saturated heterocycles. The molecular formula is C23H22F4O. The van der Waals surface area contributed by atoms with Gasteiger partial charge in [0.15, 0.2) is 0 Å². The van der Waals surface area contributed by atoms with E-state index in [1.54, 1.807) is 18.2 Å². The molecule has 1 atom stereocenters. The van der Waals surface area contributed by atoms with Crippen molar-refractivity contribution in [1.29, 1.82) is 0 Å². The number of benzene rings is 2. The summed E-state index contributed by atoms with van der Waals surface area (Å²) in [5.74, 6) is -0.127. The molecular weight excluding hydrogens is 368 g/mol. The van der Waals surface area contributed by atoms with Gasteiger partial charge in [-0.15, -0.1) is 13.2 Å². The summed E-state index contributed by atoms with van der Waals surface area (Å²) in [6.45, 7) is 4.23. The fraction of sp³-hybridized carbons (Fsp3) is 0.304. The number of hydrogen-bond donors (Lipinski definition) is 0. The third-order valence-electron chi connectivity index (χ3n) is 4.86. The van der Waals surface area contributed by atoms with Crippen molar-refractivity contribution < 1.29 is 22.3 Å². The molecule has 2 aromatic rings. The van der Waals surface area contributed by atoms with E-state index in [1.165, 1.54) is 24.3 Å². The first-order valence-electron chi connectivity index (χ1n) is 9.18. The molecule has 1 nitrogen and oxygen atoms in total. The molecule has 0 radical (unpaired) electrons. The summed E-state index contributed by atoms with van der Waals surface area (Å²) in [7, 11) is 0. The maximum Gasteiger partial charge on any atom is 0.573 e. The molecule has 0 saturated carbocycles.